The maximum absolute atomic E-state index is 13.8. The Balaban J connectivity index is 1.54. The smallest absolute Gasteiger partial charge is 0.257 e. The quantitative estimate of drug-likeness (QED) is 0.326. The third-order valence-electron chi connectivity index (χ3n) is 6.83. The van der Waals surface area contributed by atoms with E-state index in [1.807, 2.05) is 6.92 Å². The van der Waals surface area contributed by atoms with E-state index in [4.69, 9.17) is 4.52 Å². The van der Waals surface area contributed by atoms with Gasteiger partial charge in [0.2, 0.25) is 11.8 Å². The number of halogens is 2. The van der Waals surface area contributed by atoms with Crippen LogP contribution in [-0.4, -0.2) is 34.0 Å². The molecule has 0 bridgehead atoms. The molecule has 4 rings (SSSR count). The fraction of sp³-hybridized carbons (Fsp3) is 0.385. The molecule has 1 aliphatic carbocycles. The minimum atomic E-state index is -2.80. The van der Waals surface area contributed by atoms with Crippen LogP contribution in [0.4, 0.5) is 14.5 Å². The van der Waals surface area contributed by atoms with E-state index in [9.17, 15) is 28.7 Å². The summed E-state index contributed by atoms with van der Waals surface area (Å²) in [4.78, 5) is 26.1. The minimum absolute atomic E-state index is 0.00771. The number of nitrogens with one attached hydrogen (secondary N) is 2. The number of nitrogens with zero attached hydrogens (tertiary/aromatic N) is 2. The molecule has 1 aliphatic rings. The van der Waals surface area contributed by atoms with Crippen LogP contribution in [0.2, 0.25) is 0 Å². The number of aliphatic hydroxyl groups is 1. The molecule has 2 heterocycles. The lowest BCUT2D eigenvalue weighted by Gasteiger charge is -2.33. The molecule has 2 amide bonds. The topological polar surface area (TPSA) is 131 Å². The van der Waals surface area contributed by atoms with Gasteiger partial charge in [-0.3, -0.25) is 9.59 Å². The number of aryl methyl sites for hydroxylation is 1. The molecule has 3 aromatic rings. The summed E-state index contributed by atoms with van der Waals surface area (Å²) in [6.07, 6.45) is 1.86. The monoisotopic (exact) mass is 514 g/mol. The van der Waals surface area contributed by atoms with Gasteiger partial charge in [0.1, 0.15) is 23.6 Å². The Morgan fingerprint density at radius 3 is 2.54 bits per heavy atom. The lowest BCUT2D eigenvalue weighted by molar-refractivity contribution is -0.611. The van der Waals surface area contributed by atoms with Gasteiger partial charge < -0.3 is 25.5 Å². The Morgan fingerprint density at radius 2 is 1.89 bits per heavy atom. The second-order valence-corrected chi connectivity index (χ2v) is 9.33. The Kier molecular flexibility index (Phi) is 7.53. The number of carbonyl (C=O) groups excluding carboxylic acids is 2. The number of alkyl halides is 2. The molecule has 1 saturated carbocycles. The summed E-state index contributed by atoms with van der Waals surface area (Å²) < 4.78 is 33.1. The molecule has 196 valence electrons. The number of aliphatic hydroxyl groups excluding tert-OH is 1. The zero-order valence-corrected chi connectivity index (χ0v) is 20.5. The van der Waals surface area contributed by atoms with Crippen LogP contribution in [-0.2, 0) is 11.4 Å². The van der Waals surface area contributed by atoms with Crippen molar-refractivity contribution in [2.24, 2.45) is 5.92 Å². The molecule has 0 radical (unpaired) electrons. The van der Waals surface area contributed by atoms with Gasteiger partial charge in [-0.1, -0.05) is 17.3 Å². The minimum Gasteiger partial charge on any atom is -0.618 e. The number of anilines is 1. The molecule has 2 aromatic heterocycles. The summed E-state index contributed by atoms with van der Waals surface area (Å²) in [5.41, 5.74) is 3.47. The highest BCUT2D eigenvalue weighted by Crippen LogP contribution is 2.38. The van der Waals surface area contributed by atoms with E-state index in [0.29, 0.717) is 11.4 Å². The molecule has 9 nitrogen and oxygen atoms in total. The van der Waals surface area contributed by atoms with Crippen molar-refractivity contribution in [1.82, 2.24) is 10.5 Å². The summed E-state index contributed by atoms with van der Waals surface area (Å²) in [6, 6.07) is 7.51. The molecule has 37 heavy (non-hydrogen) atoms. The Hall–Kier alpha value is -3.86. The molecule has 1 fully saturated rings. The van der Waals surface area contributed by atoms with Gasteiger partial charge in [0, 0.05) is 31.5 Å². The highest BCUT2D eigenvalue weighted by Gasteiger charge is 2.40. The van der Waals surface area contributed by atoms with E-state index in [1.54, 1.807) is 37.3 Å². The van der Waals surface area contributed by atoms with E-state index in [-0.39, 0.29) is 36.9 Å². The zero-order chi connectivity index (χ0) is 26.7. The Bertz CT molecular complexity index is 1280. The molecular formula is C26H28F2N4O5. The Labute approximate surface area is 212 Å². The van der Waals surface area contributed by atoms with E-state index in [1.165, 1.54) is 6.20 Å². The predicted octanol–water partition coefficient (Wildman–Crippen LogP) is 3.65. The second-order valence-electron chi connectivity index (χ2n) is 9.33. The van der Waals surface area contributed by atoms with E-state index in [0.717, 1.165) is 27.7 Å². The van der Waals surface area contributed by atoms with Crippen molar-refractivity contribution >= 4 is 17.5 Å². The average Bonchev–Trinajstić information content (AvgIpc) is 3.35. The highest BCUT2D eigenvalue weighted by atomic mass is 19.3. The van der Waals surface area contributed by atoms with Gasteiger partial charge >= 0.3 is 0 Å². The van der Waals surface area contributed by atoms with Crippen molar-refractivity contribution < 1.29 is 32.7 Å². The van der Waals surface area contributed by atoms with Crippen LogP contribution in [0.25, 0.3) is 11.1 Å². The first kappa shape index (κ1) is 26.2. The van der Waals surface area contributed by atoms with Crippen LogP contribution in [0, 0.1) is 25.0 Å². The van der Waals surface area contributed by atoms with Gasteiger partial charge in [-0.2, -0.15) is 4.73 Å². The first-order valence-corrected chi connectivity index (χ1v) is 11.9. The summed E-state index contributed by atoms with van der Waals surface area (Å²) in [5.74, 6) is -4.56. The van der Waals surface area contributed by atoms with Gasteiger partial charge in [0.25, 0.3) is 5.91 Å². The Morgan fingerprint density at radius 1 is 1.22 bits per heavy atom. The van der Waals surface area contributed by atoms with Gasteiger partial charge in [0.15, 0.2) is 11.9 Å². The highest BCUT2D eigenvalue weighted by molar-refractivity contribution is 6.01. The molecule has 1 atom stereocenters. The molecule has 3 N–H and O–H groups in total. The normalized spacial score (nSPS) is 16.2. The molecular weight excluding hydrogens is 486 g/mol. The van der Waals surface area contributed by atoms with Crippen molar-refractivity contribution in [2.75, 3.05) is 5.32 Å². The van der Waals surface area contributed by atoms with Crippen molar-refractivity contribution in [3.63, 3.8) is 0 Å². The van der Waals surface area contributed by atoms with E-state index < -0.39 is 36.3 Å². The number of aromatic nitrogens is 2. The average molecular weight is 515 g/mol. The maximum Gasteiger partial charge on any atom is 0.257 e. The summed E-state index contributed by atoms with van der Waals surface area (Å²) in [7, 11) is 0. The third-order valence-corrected chi connectivity index (χ3v) is 6.83. The lowest BCUT2D eigenvalue weighted by atomic mass is 9.81. The predicted molar refractivity (Wildman–Crippen MR) is 130 cm³/mol. The van der Waals surface area contributed by atoms with Crippen LogP contribution in [0.1, 0.15) is 53.0 Å². The van der Waals surface area contributed by atoms with Gasteiger partial charge in [-0.05, 0) is 48.9 Å². The van der Waals surface area contributed by atoms with Gasteiger partial charge in [-0.25, -0.2) is 8.78 Å². The van der Waals surface area contributed by atoms with Gasteiger partial charge in [0.05, 0.1) is 12.2 Å². The van der Waals surface area contributed by atoms with Crippen molar-refractivity contribution in [1.29, 1.82) is 0 Å². The van der Waals surface area contributed by atoms with Crippen LogP contribution in [0.3, 0.4) is 0 Å². The fourth-order valence-electron chi connectivity index (χ4n) is 4.72. The van der Waals surface area contributed by atoms with Crippen LogP contribution < -0.4 is 15.4 Å². The van der Waals surface area contributed by atoms with Gasteiger partial charge in [-0.15, -0.1) is 0 Å². The van der Waals surface area contributed by atoms with Crippen LogP contribution in [0.5, 0.6) is 0 Å². The zero-order valence-electron chi connectivity index (χ0n) is 20.5. The maximum atomic E-state index is 13.8. The van der Waals surface area contributed by atoms with Crippen LogP contribution in [0.15, 0.2) is 47.3 Å². The lowest BCUT2D eigenvalue weighted by Crippen LogP contribution is -2.50. The number of benzene rings is 1. The molecule has 0 aliphatic heterocycles. The number of pyridine rings is 1. The molecule has 0 spiro atoms. The third kappa shape index (κ3) is 5.77. The summed E-state index contributed by atoms with van der Waals surface area (Å²) >= 11 is 0. The van der Waals surface area contributed by atoms with Crippen molar-refractivity contribution in [3.8, 4) is 11.1 Å². The second kappa shape index (κ2) is 10.6. The first-order valence-electron chi connectivity index (χ1n) is 11.9. The van der Waals surface area contributed by atoms with E-state index >= 15 is 0 Å². The standard InChI is InChI=1S/C26H28F2N4O5/c1-15-9-12-32(36)16(2)22(15)17-3-5-19(6-4-17)29-25(35)23(18-7-10-26(27,28)11-8-18)30-24(34)20-14-37-31-21(20)13-33/h3-6,9,12,14,18,23,33H,7-8,10-11,13H2,1-2H3,(H,29,35)(H,30,34)/t23-/m0/s1. The number of hydrogen-bond acceptors (Lipinski definition) is 6. The summed E-state index contributed by atoms with van der Waals surface area (Å²) in [6.45, 7) is 3.09. The number of amides is 2. The van der Waals surface area contributed by atoms with E-state index in [2.05, 4.69) is 15.8 Å². The largest absolute Gasteiger partial charge is 0.618 e. The number of rotatable bonds is 7. The SMILES string of the molecule is Cc1cc[n+]([O-])c(C)c1-c1ccc(NC(=O)[C@@H](NC(=O)c2conc2CO)C2CCC(F)(F)CC2)cc1. The molecule has 0 unspecified atom stereocenters. The number of hydrogen-bond donors (Lipinski definition) is 3. The number of carbonyl (C=O) groups is 2. The molecule has 1 aromatic carbocycles. The fourth-order valence-corrected chi connectivity index (χ4v) is 4.72. The molecule has 0 saturated heterocycles. The first-order chi connectivity index (χ1) is 17.6. The van der Waals surface area contributed by atoms with Crippen molar-refractivity contribution in [3.05, 3.63) is 70.5 Å². The van der Waals surface area contributed by atoms with Crippen LogP contribution >= 0.6 is 0 Å². The molecule has 11 heteroatoms. The van der Waals surface area contributed by atoms with Crippen molar-refractivity contribution in [2.45, 2.75) is 58.1 Å². The summed E-state index contributed by atoms with van der Waals surface area (Å²) in [5, 5.41) is 30.3.